The first-order valence-corrected chi connectivity index (χ1v) is 9.19. The molecule has 1 N–H and O–H groups in total. The Kier molecular flexibility index (Phi) is 4.31. The Morgan fingerprint density at radius 1 is 1.48 bits per heavy atom. The van der Waals surface area contributed by atoms with Crippen molar-refractivity contribution in [1.29, 1.82) is 0 Å². The third kappa shape index (κ3) is 3.19. The maximum Gasteiger partial charge on any atom is 0.233 e. The summed E-state index contributed by atoms with van der Waals surface area (Å²) < 4.78 is 1.76. The van der Waals surface area contributed by atoms with Crippen LogP contribution in [0.4, 0.5) is 0 Å². The molecule has 0 saturated carbocycles. The first-order chi connectivity index (χ1) is 12.2. The summed E-state index contributed by atoms with van der Waals surface area (Å²) in [5.74, 6) is 0.450. The van der Waals surface area contributed by atoms with Crippen molar-refractivity contribution < 1.29 is 4.79 Å². The second kappa shape index (κ2) is 6.75. The van der Waals surface area contributed by atoms with Crippen molar-refractivity contribution in [1.82, 2.24) is 35.3 Å². The molecule has 3 aromatic rings. The smallest absolute Gasteiger partial charge is 0.233 e. The zero-order chi connectivity index (χ0) is 17.2. The summed E-state index contributed by atoms with van der Waals surface area (Å²) in [6.45, 7) is 1.26. The molecule has 1 atom stereocenters. The number of aryl methyl sites for hydroxylation is 1. The first kappa shape index (κ1) is 15.9. The van der Waals surface area contributed by atoms with Gasteiger partial charge in [0, 0.05) is 13.6 Å². The van der Waals surface area contributed by atoms with Crippen LogP contribution in [0.25, 0.3) is 10.6 Å². The van der Waals surface area contributed by atoms with Gasteiger partial charge in [-0.15, -0.1) is 16.4 Å². The summed E-state index contributed by atoms with van der Waals surface area (Å²) in [4.78, 5) is 15.8. The number of nitrogens with one attached hydrogen (secondary N) is 1. The summed E-state index contributed by atoms with van der Waals surface area (Å²) in [6, 6.07) is 6.03. The number of likely N-dealkylation sites (N-methyl/N-ethyl adjacent to an activating group) is 1. The average Bonchev–Trinajstić information content (AvgIpc) is 3.34. The molecule has 0 spiro atoms. The Balaban J connectivity index is 1.48. The summed E-state index contributed by atoms with van der Waals surface area (Å²) >= 11 is 1.64. The van der Waals surface area contributed by atoms with Gasteiger partial charge in [-0.05, 0) is 40.8 Å². The lowest BCUT2D eigenvalue weighted by Crippen LogP contribution is -2.32. The third-order valence-corrected chi connectivity index (χ3v) is 5.36. The van der Waals surface area contributed by atoms with E-state index in [-0.39, 0.29) is 11.8 Å². The lowest BCUT2D eigenvalue weighted by Gasteiger charge is -2.21. The molecular formula is C16H19N7OS. The molecule has 4 rings (SSSR count). The van der Waals surface area contributed by atoms with Crippen LogP contribution >= 0.6 is 11.3 Å². The minimum absolute atomic E-state index is 0.0465. The largest absolute Gasteiger partial charge is 0.339 e. The molecule has 3 aromatic heterocycles. The van der Waals surface area contributed by atoms with Crippen molar-refractivity contribution in [2.45, 2.75) is 38.3 Å². The van der Waals surface area contributed by atoms with Gasteiger partial charge in [-0.3, -0.25) is 9.89 Å². The standard InChI is InChI=1S/C16H19N7OS/c1-22(10-11-9-13(18-17-11)14-6-4-8-25-14)16(24)12-5-2-3-7-23-15(12)19-20-21-23/h4,6,8-9,12H,2-3,5,7,10H2,1H3,(H,17,18)/t12-/m0/s1. The molecule has 1 aliphatic heterocycles. The highest BCUT2D eigenvalue weighted by Crippen LogP contribution is 2.27. The van der Waals surface area contributed by atoms with Gasteiger partial charge in [0.25, 0.3) is 0 Å². The summed E-state index contributed by atoms with van der Waals surface area (Å²) in [7, 11) is 1.81. The Bertz CT molecular complexity index is 854. The molecule has 1 aliphatic rings. The van der Waals surface area contributed by atoms with Crippen LogP contribution in [0.15, 0.2) is 23.6 Å². The highest BCUT2D eigenvalue weighted by molar-refractivity contribution is 7.13. The number of fused-ring (bicyclic) bond motifs is 1. The van der Waals surface area contributed by atoms with E-state index in [4.69, 9.17) is 0 Å². The number of carbonyl (C=O) groups is 1. The van der Waals surface area contributed by atoms with Gasteiger partial charge in [-0.1, -0.05) is 12.5 Å². The van der Waals surface area contributed by atoms with E-state index in [1.807, 2.05) is 30.6 Å². The van der Waals surface area contributed by atoms with E-state index in [1.54, 1.807) is 20.9 Å². The number of nitrogens with zero attached hydrogens (tertiary/aromatic N) is 6. The van der Waals surface area contributed by atoms with E-state index >= 15 is 0 Å². The van der Waals surface area contributed by atoms with Crippen molar-refractivity contribution in [2.75, 3.05) is 7.05 Å². The van der Waals surface area contributed by atoms with Crippen molar-refractivity contribution in [2.24, 2.45) is 0 Å². The molecule has 0 unspecified atom stereocenters. The fourth-order valence-corrected chi connectivity index (χ4v) is 3.87. The van der Waals surface area contributed by atoms with Crippen LogP contribution in [0.5, 0.6) is 0 Å². The van der Waals surface area contributed by atoms with Crippen LogP contribution in [0, 0.1) is 0 Å². The monoisotopic (exact) mass is 357 g/mol. The molecule has 0 aromatic carbocycles. The maximum atomic E-state index is 12.9. The van der Waals surface area contributed by atoms with Crippen molar-refractivity contribution in [3.05, 3.63) is 35.1 Å². The molecule has 0 aliphatic carbocycles. The minimum atomic E-state index is -0.276. The van der Waals surface area contributed by atoms with Crippen molar-refractivity contribution in [3.63, 3.8) is 0 Å². The van der Waals surface area contributed by atoms with Crippen molar-refractivity contribution >= 4 is 17.2 Å². The summed E-state index contributed by atoms with van der Waals surface area (Å²) in [6.07, 6.45) is 2.77. The number of aromatic nitrogens is 6. The molecule has 0 radical (unpaired) electrons. The number of aromatic amines is 1. The molecule has 25 heavy (non-hydrogen) atoms. The maximum absolute atomic E-state index is 12.9. The molecule has 0 bridgehead atoms. The van der Waals surface area contributed by atoms with Crippen LogP contribution in [-0.2, 0) is 17.9 Å². The van der Waals surface area contributed by atoms with Gasteiger partial charge in [0.2, 0.25) is 5.91 Å². The zero-order valence-electron chi connectivity index (χ0n) is 13.9. The second-order valence-electron chi connectivity index (χ2n) is 6.26. The molecular weight excluding hydrogens is 338 g/mol. The Labute approximate surface area is 148 Å². The predicted octanol–water partition coefficient (Wildman–Crippen LogP) is 2.05. The second-order valence-corrected chi connectivity index (χ2v) is 7.21. The quantitative estimate of drug-likeness (QED) is 0.771. The zero-order valence-corrected chi connectivity index (χ0v) is 14.7. The average molecular weight is 357 g/mol. The summed E-state index contributed by atoms with van der Waals surface area (Å²) in [5.41, 5.74) is 1.82. The number of carbonyl (C=O) groups excluding carboxylic acids is 1. The molecule has 4 heterocycles. The lowest BCUT2D eigenvalue weighted by atomic mass is 10.0. The van der Waals surface area contributed by atoms with Crippen LogP contribution in [0.3, 0.4) is 0 Å². The topological polar surface area (TPSA) is 92.6 Å². The fraction of sp³-hybridized carbons (Fsp3) is 0.438. The number of thiophene rings is 1. The van der Waals surface area contributed by atoms with Crippen LogP contribution in [0.1, 0.15) is 36.7 Å². The van der Waals surface area contributed by atoms with E-state index in [0.717, 1.165) is 42.1 Å². The number of hydrogen-bond acceptors (Lipinski definition) is 6. The predicted molar refractivity (Wildman–Crippen MR) is 92.8 cm³/mol. The van der Waals surface area contributed by atoms with Gasteiger partial charge in [0.15, 0.2) is 5.82 Å². The van der Waals surface area contributed by atoms with E-state index in [1.165, 1.54) is 0 Å². The van der Waals surface area contributed by atoms with Gasteiger partial charge >= 0.3 is 0 Å². The molecule has 130 valence electrons. The van der Waals surface area contributed by atoms with Gasteiger partial charge in [0.05, 0.1) is 23.0 Å². The minimum Gasteiger partial charge on any atom is -0.339 e. The molecule has 0 fully saturated rings. The van der Waals surface area contributed by atoms with E-state index < -0.39 is 0 Å². The van der Waals surface area contributed by atoms with E-state index in [2.05, 4.69) is 25.7 Å². The van der Waals surface area contributed by atoms with E-state index in [9.17, 15) is 4.79 Å². The normalized spacial score (nSPS) is 17.1. The van der Waals surface area contributed by atoms with Crippen LogP contribution < -0.4 is 0 Å². The Hall–Kier alpha value is -2.55. The summed E-state index contributed by atoms with van der Waals surface area (Å²) in [5, 5.41) is 21.2. The number of tetrazole rings is 1. The van der Waals surface area contributed by atoms with Crippen LogP contribution in [-0.4, -0.2) is 48.3 Å². The molecule has 0 saturated heterocycles. The molecule has 1 amide bonds. The molecule has 9 heteroatoms. The number of amides is 1. The SMILES string of the molecule is CN(Cc1cc(-c2cccs2)n[nH]1)C(=O)[C@H]1CCCCn2nnnc21. The number of H-pyrrole nitrogens is 1. The third-order valence-electron chi connectivity index (χ3n) is 4.47. The van der Waals surface area contributed by atoms with Gasteiger partial charge < -0.3 is 4.90 Å². The number of rotatable bonds is 4. The van der Waals surface area contributed by atoms with Gasteiger partial charge in [0.1, 0.15) is 5.69 Å². The highest BCUT2D eigenvalue weighted by Gasteiger charge is 2.30. The molecule has 8 nitrogen and oxygen atoms in total. The first-order valence-electron chi connectivity index (χ1n) is 8.31. The van der Waals surface area contributed by atoms with Gasteiger partial charge in [-0.25, -0.2) is 4.68 Å². The van der Waals surface area contributed by atoms with Gasteiger partial charge in [-0.2, -0.15) is 5.10 Å². The highest BCUT2D eigenvalue weighted by atomic mass is 32.1. The fourth-order valence-electron chi connectivity index (χ4n) is 3.19. The lowest BCUT2D eigenvalue weighted by molar-refractivity contribution is -0.132. The number of hydrogen-bond donors (Lipinski definition) is 1. The Morgan fingerprint density at radius 2 is 2.40 bits per heavy atom. The van der Waals surface area contributed by atoms with E-state index in [0.29, 0.717) is 12.4 Å². The van der Waals surface area contributed by atoms with Crippen LogP contribution in [0.2, 0.25) is 0 Å². The van der Waals surface area contributed by atoms with Crippen molar-refractivity contribution in [3.8, 4) is 10.6 Å². The Morgan fingerprint density at radius 3 is 3.24 bits per heavy atom.